The van der Waals surface area contributed by atoms with Gasteiger partial charge in [0.1, 0.15) is 22.9 Å². The van der Waals surface area contributed by atoms with Crippen LogP contribution in [-0.2, 0) is 29.8 Å². The molecule has 0 spiro atoms. The van der Waals surface area contributed by atoms with Crippen molar-refractivity contribution < 1.29 is 31.8 Å². The molecule has 49 heavy (non-hydrogen) atoms. The van der Waals surface area contributed by atoms with Crippen molar-refractivity contribution in [1.29, 1.82) is 5.26 Å². The van der Waals surface area contributed by atoms with Gasteiger partial charge in [-0.15, -0.1) is 20.4 Å². The van der Waals surface area contributed by atoms with Gasteiger partial charge >= 0.3 is 6.18 Å². The lowest BCUT2D eigenvalue weighted by Crippen LogP contribution is -2.35. The summed E-state index contributed by atoms with van der Waals surface area (Å²) in [6.45, 7) is 4.92. The van der Waals surface area contributed by atoms with E-state index in [1.54, 1.807) is 19.1 Å². The van der Waals surface area contributed by atoms with Crippen molar-refractivity contribution in [3.05, 3.63) is 76.6 Å². The lowest BCUT2D eigenvalue weighted by Gasteiger charge is -2.33. The number of imidazole rings is 1. The van der Waals surface area contributed by atoms with Gasteiger partial charge in [-0.1, -0.05) is 12.1 Å². The molecule has 252 valence electrons. The molecule has 3 aromatic heterocycles. The van der Waals surface area contributed by atoms with Gasteiger partial charge in [-0.25, -0.2) is 9.37 Å². The Balaban J connectivity index is 0.996. The number of fused-ring (bicyclic) bond motifs is 2. The molecule has 0 aliphatic carbocycles. The van der Waals surface area contributed by atoms with Gasteiger partial charge < -0.3 is 23.8 Å². The van der Waals surface area contributed by atoms with E-state index < -0.39 is 23.6 Å². The minimum atomic E-state index is -4.67. The highest BCUT2D eigenvalue weighted by molar-refractivity contribution is 5.75. The highest BCUT2D eigenvalue weighted by atomic mass is 19.4. The third-order valence-corrected chi connectivity index (χ3v) is 9.34. The summed E-state index contributed by atoms with van der Waals surface area (Å²) in [5.74, 6) is -1.26. The lowest BCUT2D eigenvalue weighted by molar-refractivity contribution is -0.144. The van der Waals surface area contributed by atoms with Crippen molar-refractivity contribution in [2.45, 2.75) is 63.3 Å². The SMILES string of the molecule is CC1(c2ccc(C#N)cc2F)Oc2cccc(C3CCN(Cc4nc5cc(-c6nnc(C(F)(F)F)[nH]6)nnc5n4C[C@@H]4CCO4)CC3)c2O1. The van der Waals surface area contributed by atoms with Crippen molar-refractivity contribution in [1.82, 2.24) is 39.8 Å². The zero-order chi connectivity index (χ0) is 33.9. The monoisotopic (exact) mass is 675 g/mol. The van der Waals surface area contributed by atoms with E-state index in [1.165, 1.54) is 12.1 Å². The Morgan fingerprint density at radius 1 is 1.04 bits per heavy atom. The smallest absolute Gasteiger partial charge is 0.444 e. The summed E-state index contributed by atoms with van der Waals surface area (Å²) < 4.78 is 74.4. The molecule has 1 N–H and O–H groups in total. The zero-order valence-electron chi connectivity index (χ0n) is 26.2. The lowest BCUT2D eigenvalue weighted by atomic mass is 9.88. The van der Waals surface area contributed by atoms with E-state index in [0.29, 0.717) is 42.4 Å². The van der Waals surface area contributed by atoms with Crippen molar-refractivity contribution in [3.63, 3.8) is 0 Å². The fraction of sp³-hybridized carbons (Fsp3) is 0.394. The standard InChI is InChI=1S/C33H29F4N9O3/c1-32(22-6-5-18(15-38)13-23(22)34)48-26-4-2-3-21(28(26)49-32)19-7-10-45(11-8-19)17-27-39-25-14-24(29-40-31(44-42-29)33(35,36)37)41-43-30(25)46(27)16-20-9-12-47-20/h2-6,13-14,19-20H,7-12,16-17H2,1H3,(H,40,42,44)/t20-,32?/m0/s1. The highest BCUT2D eigenvalue weighted by Gasteiger charge is 2.43. The van der Waals surface area contributed by atoms with Gasteiger partial charge in [0.05, 0.1) is 36.4 Å². The summed E-state index contributed by atoms with van der Waals surface area (Å²) in [7, 11) is 0. The first-order chi connectivity index (χ1) is 23.6. The number of halogens is 4. The number of ether oxygens (including phenoxy) is 3. The number of nitrogens with one attached hydrogen (secondary N) is 1. The maximum atomic E-state index is 15.0. The Hall–Kier alpha value is -5.14. The number of alkyl halides is 3. The molecule has 2 saturated heterocycles. The number of nitriles is 1. The average molecular weight is 676 g/mol. The number of nitrogens with zero attached hydrogens (tertiary/aromatic N) is 8. The van der Waals surface area contributed by atoms with Gasteiger partial charge in [0.15, 0.2) is 23.0 Å². The number of hydrogen-bond donors (Lipinski definition) is 1. The third-order valence-electron chi connectivity index (χ3n) is 9.34. The molecule has 16 heteroatoms. The van der Waals surface area contributed by atoms with Crippen LogP contribution in [0.5, 0.6) is 11.5 Å². The van der Waals surface area contributed by atoms with Crippen LogP contribution < -0.4 is 9.47 Å². The van der Waals surface area contributed by atoms with Crippen LogP contribution in [0.1, 0.15) is 60.4 Å². The summed E-state index contributed by atoms with van der Waals surface area (Å²) in [6, 6.07) is 13.5. The van der Waals surface area contributed by atoms with Crippen LogP contribution in [-0.4, -0.2) is 65.6 Å². The van der Waals surface area contributed by atoms with Crippen LogP contribution in [0.25, 0.3) is 22.7 Å². The Kier molecular flexibility index (Phi) is 7.49. The van der Waals surface area contributed by atoms with Gasteiger partial charge in [-0.3, -0.25) is 4.90 Å². The highest BCUT2D eigenvalue weighted by Crippen LogP contribution is 2.49. The normalized spacial score (nSPS) is 21.2. The van der Waals surface area contributed by atoms with Gasteiger partial charge in [-0.2, -0.15) is 18.4 Å². The summed E-state index contributed by atoms with van der Waals surface area (Å²) in [4.78, 5) is 9.31. The molecular formula is C33H29F4N9O3. The predicted molar refractivity (Wildman–Crippen MR) is 163 cm³/mol. The fourth-order valence-electron chi connectivity index (χ4n) is 6.67. The van der Waals surface area contributed by atoms with Crippen molar-refractivity contribution >= 4 is 11.2 Å². The van der Waals surface area contributed by atoms with Crippen LogP contribution in [0, 0.1) is 17.1 Å². The fourth-order valence-corrected chi connectivity index (χ4v) is 6.67. The molecule has 6 heterocycles. The Bertz CT molecular complexity index is 2100. The molecule has 0 radical (unpaired) electrons. The molecular weight excluding hydrogens is 646 g/mol. The molecule has 2 atom stereocenters. The molecule has 3 aliphatic heterocycles. The summed E-state index contributed by atoms with van der Waals surface area (Å²) in [6.07, 6.45) is -2.10. The van der Waals surface area contributed by atoms with Crippen LogP contribution >= 0.6 is 0 Å². The van der Waals surface area contributed by atoms with E-state index in [4.69, 9.17) is 24.5 Å². The number of H-pyrrole nitrogens is 1. The minimum Gasteiger partial charge on any atom is -0.444 e. The quantitative estimate of drug-likeness (QED) is 0.222. The number of benzene rings is 2. The second-order valence-electron chi connectivity index (χ2n) is 12.6. The molecule has 0 bridgehead atoms. The number of aromatic nitrogens is 7. The molecule has 3 aliphatic rings. The molecule has 2 fully saturated rings. The van der Waals surface area contributed by atoms with E-state index in [9.17, 15) is 17.6 Å². The Morgan fingerprint density at radius 2 is 1.86 bits per heavy atom. The number of piperidine rings is 1. The van der Waals surface area contributed by atoms with E-state index in [-0.39, 0.29) is 34.7 Å². The number of rotatable bonds is 7. The van der Waals surface area contributed by atoms with Crippen molar-refractivity contribution in [3.8, 4) is 29.1 Å². The van der Waals surface area contributed by atoms with Gasteiger partial charge in [0, 0.05) is 19.1 Å². The van der Waals surface area contributed by atoms with Crippen LogP contribution in [0.3, 0.4) is 0 Å². The maximum absolute atomic E-state index is 15.0. The first-order valence-electron chi connectivity index (χ1n) is 15.9. The van der Waals surface area contributed by atoms with Gasteiger partial charge in [0.2, 0.25) is 5.82 Å². The average Bonchev–Trinajstić information content (AvgIpc) is 3.78. The van der Waals surface area contributed by atoms with Crippen molar-refractivity contribution in [2.75, 3.05) is 19.7 Å². The summed E-state index contributed by atoms with van der Waals surface area (Å²) >= 11 is 0. The van der Waals surface area contributed by atoms with Crippen LogP contribution in [0.4, 0.5) is 17.6 Å². The first-order valence-corrected chi connectivity index (χ1v) is 15.9. The van der Waals surface area contributed by atoms with Crippen molar-refractivity contribution in [2.24, 2.45) is 0 Å². The van der Waals surface area contributed by atoms with E-state index in [0.717, 1.165) is 43.7 Å². The molecule has 0 amide bonds. The maximum Gasteiger partial charge on any atom is 0.451 e. The Morgan fingerprint density at radius 3 is 2.55 bits per heavy atom. The number of para-hydroxylation sites is 1. The summed E-state index contributed by atoms with van der Waals surface area (Å²) in [5, 5.41) is 24.4. The number of aromatic amines is 1. The number of hydrogen-bond acceptors (Lipinski definition) is 10. The zero-order valence-corrected chi connectivity index (χ0v) is 26.2. The predicted octanol–water partition coefficient (Wildman–Crippen LogP) is 5.45. The minimum absolute atomic E-state index is 0.0119. The second kappa shape index (κ2) is 11.8. The first kappa shape index (κ1) is 31.1. The molecule has 2 aromatic carbocycles. The molecule has 0 saturated carbocycles. The van der Waals surface area contributed by atoms with E-state index in [2.05, 4.69) is 30.3 Å². The molecule has 1 unspecified atom stereocenters. The molecule has 5 aromatic rings. The largest absolute Gasteiger partial charge is 0.451 e. The van der Waals surface area contributed by atoms with Gasteiger partial charge in [-0.05, 0) is 68.6 Å². The molecule has 12 nitrogen and oxygen atoms in total. The van der Waals surface area contributed by atoms with Crippen LogP contribution in [0.15, 0.2) is 42.5 Å². The van der Waals surface area contributed by atoms with Gasteiger partial charge in [0.25, 0.3) is 5.79 Å². The Labute approximate surface area is 276 Å². The number of likely N-dealkylation sites (tertiary alicyclic amines) is 1. The van der Waals surface area contributed by atoms with E-state index >= 15 is 0 Å². The molecule has 8 rings (SSSR count). The van der Waals surface area contributed by atoms with Crippen LogP contribution in [0.2, 0.25) is 0 Å². The third kappa shape index (κ3) is 5.72. The van der Waals surface area contributed by atoms with E-state index in [1.807, 2.05) is 28.8 Å². The summed E-state index contributed by atoms with van der Waals surface area (Å²) in [5.41, 5.74) is 2.52. The topological polar surface area (TPSA) is 140 Å². The second-order valence-corrected chi connectivity index (χ2v) is 12.6.